The highest BCUT2D eigenvalue weighted by molar-refractivity contribution is 6.22. The number of hydrogen-bond donors (Lipinski definition) is 1. The predicted molar refractivity (Wildman–Crippen MR) is 203 cm³/mol. The van der Waals surface area contributed by atoms with Crippen LogP contribution in [0.2, 0.25) is 0 Å². The normalized spacial score (nSPS) is 13.4. The van der Waals surface area contributed by atoms with E-state index in [0.29, 0.717) is 81.7 Å². The molecule has 12 nitrogen and oxygen atoms in total. The molecule has 0 atom stereocenters. The zero-order valence-electron chi connectivity index (χ0n) is 30.5. The number of nitrogens with zero attached hydrogens (tertiary/aromatic N) is 3. The summed E-state index contributed by atoms with van der Waals surface area (Å²) in [6, 6.07) is 34.6. The number of carbonyl (C=O) groups excluding carboxylic acids is 4. The van der Waals surface area contributed by atoms with Gasteiger partial charge in [-0.25, -0.2) is 0 Å². The first kappa shape index (κ1) is 40.1. The Bertz CT molecular complexity index is 1700. The first-order valence-corrected chi connectivity index (χ1v) is 18.2. The Morgan fingerprint density at radius 3 is 1.13 bits per heavy atom. The van der Waals surface area contributed by atoms with Gasteiger partial charge in [0, 0.05) is 26.2 Å². The van der Waals surface area contributed by atoms with E-state index in [4.69, 9.17) is 24.7 Å². The van der Waals surface area contributed by atoms with Crippen molar-refractivity contribution < 1.29 is 38.1 Å². The van der Waals surface area contributed by atoms with Gasteiger partial charge >= 0.3 is 0 Å². The summed E-state index contributed by atoms with van der Waals surface area (Å²) in [7, 11) is 0. The zero-order valence-corrected chi connectivity index (χ0v) is 30.5. The highest BCUT2D eigenvalue weighted by atomic mass is 16.5. The van der Waals surface area contributed by atoms with Crippen LogP contribution in [-0.4, -0.2) is 117 Å². The van der Waals surface area contributed by atoms with Crippen LogP contribution in [0.15, 0.2) is 109 Å². The molecule has 6 rings (SSSR count). The van der Waals surface area contributed by atoms with E-state index < -0.39 is 0 Å². The van der Waals surface area contributed by atoms with Crippen LogP contribution in [0.5, 0.6) is 0 Å². The SMILES string of the molecule is NCCOCCOCCN1C(=O)c2ccccc2C1=O.O=C1c2ccccc2C(=O)N1CCOCCOCCN(Cc1ccccc1)Cc1ccccc1. The molecule has 0 unspecified atom stereocenters. The van der Waals surface area contributed by atoms with Gasteiger partial charge in [-0.1, -0.05) is 84.9 Å². The largest absolute Gasteiger partial charge is 0.378 e. The maximum absolute atomic E-state index is 12.4. The van der Waals surface area contributed by atoms with Gasteiger partial charge in [-0.15, -0.1) is 0 Å². The molecular formula is C42H48N4O8. The molecule has 4 amide bonds. The Balaban J connectivity index is 0.000000239. The number of carbonyl (C=O) groups is 4. The van der Waals surface area contributed by atoms with E-state index >= 15 is 0 Å². The number of rotatable bonds is 21. The summed E-state index contributed by atoms with van der Waals surface area (Å²) in [6.45, 7) is 6.95. The molecule has 0 radical (unpaired) electrons. The van der Waals surface area contributed by atoms with E-state index in [9.17, 15) is 19.2 Å². The molecular weight excluding hydrogens is 688 g/mol. The topological polar surface area (TPSA) is 141 Å². The van der Waals surface area contributed by atoms with E-state index in [2.05, 4.69) is 53.4 Å². The first-order valence-electron chi connectivity index (χ1n) is 18.2. The number of nitrogens with two attached hydrogens (primary N) is 1. The van der Waals surface area contributed by atoms with E-state index in [1.54, 1.807) is 48.5 Å². The fourth-order valence-electron chi connectivity index (χ4n) is 6.01. The Morgan fingerprint density at radius 2 is 0.759 bits per heavy atom. The minimum atomic E-state index is -0.256. The van der Waals surface area contributed by atoms with Gasteiger partial charge < -0.3 is 24.7 Å². The van der Waals surface area contributed by atoms with Crippen LogP contribution in [0.3, 0.4) is 0 Å². The van der Waals surface area contributed by atoms with E-state index in [0.717, 1.165) is 19.6 Å². The summed E-state index contributed by atoms with van der Waals surface area (Å²) in [5.74, 6) is -1.02. The highest BCUT2D eigenvalue weighted by Gasteiger charge is 2.35. The average molecular weight is 737 g/mol. The molecule has 0 bridgehead atoms. The molecule has 2 aliphatic rings. The second-order valence-electron chi connectivity index (χ2n) is 12.5. The molecule has 284 valence electrons. The summed E-state index contributed by atoms with van der Waals surface area (Å²) in [5, 5.41) is 0. The number of amides is 4. The Morgan fingerprint density at radius 1 is 0.426 bits per heavy atom. The molecule has 0 aliphatic carbocycles. The third kappa shape index (κ3) is 11.5. The molecule has 0 aromatic heterocycles. The zero-order chi connectivity index (χ0) is 38.0. The molecule has 0 saturated heterocycles. The molecule has 0 fully saturated rings. The van der Waals surface area contributed by atoms with Gasteiger partial charge in [-0.2, -0.15) is 0 Å². The molecule has 2 heterocycles. The summed E-state index contributed by atoms with van der Waals surface area (Å²) in [6.07, 6.45) is 0. The Labute approximate surface area is 316 Å². The molecule has 54 heavy (non-hydrogen) atoms. The lowest BCUT2D eigenvalue weighted by atomic mass is 10.1. The van der Waals surface area contributed by atoms with Gasteiger partial charge in [0.1, 0.15) is 0 Å². The van der Waals surface area contributed by atoms with Crippen LogP contribution in [-0.2, 0) is 32.0 Å². The van der Waals surface area contributed by atoms with Crippen molar-refractivity contribution in [1.82, 2.24) is 14.7 Å². The number of fused-ring (bicyclic) bond motifs is 2. The fraction of sp³-hybridized carbons (Fsp3) is 0.333. The lowest BCUT2D eigenvalue weighted by Crippen LogP contribution is -2.33. The van der Waals surface area contributed by atoms with E-state index in [1.807, 2.05) is 12.1 Å². The van der Waals surface area contributed by atoms with Gasteiger partial charge in [0.05, 0.1) is 88.2 Å². The standard InChI is InChI=1S/C28H30N2O4.C14H18N2O4/c31-27-25-13-7-8-14-26(25)28(32)30(27)16-18-34-20-19-33-17-15-29(21-23-9-3-1-4-10-23)22-24-11-5-2-6-12-24;15-5-7-19-9-10-20-8-6-16-13(17)11-3-1-2-4-12(11)14(16)18/h1-14H,15-22H2;1-4H,5-10,15H2. The van der Waals surface area contributed by atoms with Crippen molar-refractivity contribution in [2.75, 3.05) is 79.0 Å². The number of imide groups is 2. The third-order valence-electron chi connectivity index (χ3n) is 8.73. The number of benzene rings is 4. The van der Waals surface area contributed by atoms with Crippen LogP contribution in [0.1, 0.15) is 52.6 Å². The lowest BCUT2D eigenvalue weighted by molar-refractivity contribution is 0.0287. The van der Waals surface area contributed by atoms with Crippen molar-refractivity contribution in [1.29, 1.82) is 0 Å². The second kappa shape index (κ2) is 21.6. The van der Waals surface area contributed by atoms with Crippen LogP contribution in [0.4, 0.5) is 0 Å². The maximum atomic E-state index is 12.4. The molecule has 12 heteroatoms. The van der Waals surface area contributed by atoms with E-state index in [1.165, 1.54) is 20.9 Å². The van der Waals surface area contributed by atoms with Gasteiger partial charge in [0.25, 0.3) is 23.6 Å². The van der Waals surface area contributed by atoms with Gasteiger partial charge in [0.2, 0.25) is 0 Å². The van der Waals surface area contributed by atoms with Crippen molar-refractivity contribution in [3.8, 4) is 0 Å². The summed E-state index contributed by atoms with van der Waals surface area (Å²) >= 11 is 0. The maximum Gasteiger partial charge on any atom is 0.261 e. The van der Waals surface area contributed by atoms with Crippen molar-refractivity contribution in [2.24, 2.45) is 5.73 Å². The van der Waals surface area contributed by atoms with Crippen molar-refractivity contribution in [3.63, 3.8) is 0 Å². The lowest BCUT2D eigenvalue weighted by Gasteiger charge is -2.22. The average Bonchev–Trinajstić information content (AvgIpc) is 3.59. The van der Waals surface area contributed by atoms with Crippen LogP contribution < -0.4 is 5.73 Å². The molecule has 4 aromatic rings. The summed E-state index contributed by atoms with van der Waals surface area (Å²) < 4.78 is 21.9. The third-order valence-corrected chi connectivity index (χ3v) is 8.73. The van der Waals surface area contributed by atoms with Crippen LogP contribution >= 0.6 is 0 Å². The predicted octanol–water partition coefficient (Wildman–Crippen LogP) is 4.29. The van der Waals surface area contributed by atoms with Gasteiger partial charge in [-0.3, -0.25) is 33.9 Å². The number of hydrogen-bond acceptors (Lipinski definition) is 10. The fourth-order valence-corrected chi connectivity index (χ4v) is 6.01. The van der Waals surface area contributed by atoms with Crippen molar-refractivity contribution in [3.05, 3.63) is 143 Å². The van der Waals surface area contributed by atoms with Crippen LogP contribution in [0.25, 0.3) is 0 Å². The molecule has 0 spiro atoms. The molecule has 0 saturated carbocycles. The monoisotopic (exact) mass is 736 g/mol. The van der Waals surface area contributed by atoms with Gasteiger partial charge in [-0.05, 0) is 35.4 Å². The minimum Gasteiger partial charge on any atom is -0.378 e. The molecule has 2 N–H and O–H groups in total. The minimum absolute atomic E-state index is 0.244. The van der Waals surface area contributed by atoms with Crippen LogP contribution in [0, 0.1) is 0 Å². The van der Waals surface area contributed by atoms with Crippen molar-refractivity contribution in [2.45, 2.75) is 13.1 Å². The highest BCUT2D eigenvalue weighted by Crippen LogP contribution is 2.23. The van der Waals surface area contributed by atoms with Gasteiger partial charge in [0.15, 0.2) is 0 Å². The summed E-state index contributed by atoms with van der Waals surface area (Å²) in [4.78, 5) is 53.6. The quantitative estimate of drug-likeness (QED) is 0.0974. The number of ether oxygens (including phenoxy) is 4. The summed E-state index contributed by atoms with van der Waals surface area (Å²) in [5.41, 5.74) is 9.68. The van der Waals surface area contributed by atoms with Crippen molar-refractivity contribution >= 4 is 23.6 Å². The molecule has 2 aliphatic heterocycles. The second-order valence-corrected chi connectivity index (χ2v) is 12.5. The first-order chi connectivity index (χ1) is 26.5. The molecule has 4 aromatic carbocycles. The Kier molecular flexibility index (Phi) is 16.0. The van der Waals surface area contributed by atoms with E-state index in [-0.39, 0.29) is 36.7 Å². The smallest absolute Gasteiger partial charge is 0.261 e. The Hall–Kier alpha value is -5.08.